The molecule has 0 aliphatic heterocycles. The summed E-state index contributed by atoms with van der Waals surface area (Å²) in [5, 5.41) is 9.72. The predicted molar refractivity (Wildman–Crippen MR) is 94.6 cm³/mol. The van der Waals surface area contributed by atoms with Crippen LogP contribution < -0.4 is 4.74 Å². The first-order valence-corrected chi connectivity index (χ1v) is 8.61. The Morgan fingerprint density at radius 2 is 2.00 bits per heavy atom. The fraction of sp³-hybridized carbons (Fsp3) is 0.389. The van der Waals surface area contributed by atoms with Crippen molar-refractivity contribution in [3.8, 4) is 5.75 Å². The summed E-state index contributed by atoms with van der Waals surface area (Å²) in [5.41, 5.74) is 0.410. The maximum atomic E-state index is 14.2. The van der Waals surface area contributed by atoms with Gasteiger partial charge in [-0.2, -0.15) is 0 Å². The highest BCUT2D eigenvalue weighted by Gasteiger charge is 2.15. The van der Waals surface area contributed by atoms with Crippen LogP contribution >= 0.6 is 15.9 Å². The van der Waals surface area contributed by atoms with Crippen LogP contribution in [0.5, 0.6) is 5.75 Å². The van der Waals surface area contributed by atoms with Crippen molar-refractivity contribution >= 4 is 21.9 Å². The van der Waals surface area contributed by atoms with E-state index in [1.807, 2.05) is 13.8 Å². The van der Waals surface area contributed by atoms with E-state index in [1.165, 1.54) is 12.1 Å². The Labute approximate surface area is 150 Å². The molecular weight excluding hydrogens is 379 g/mol. The molecule has 1 aromatic carbocycles. The van der Waals surface area contributed by atoms with Crippen LogP contribution in [-0.4, -0.2) is 17.7 Å². The number of carbonyl (C=O) groups excluding carboxylic acids is 1. The van der Waals surface area contributed by atoms with Crippen LogP contribution in [0.1, 0.15) is 39.2 Å². The van der Waals surface area contributed by atoms with Gasteiger partial charge in [0, 0.05) is 18.4 Å². The number of hydrogen-bond donors (Lipinski definition) is 1. The van der Waals surface area contributed by atoms with Crippen LogP contribution in [0.3, 0.4) is 0 Å². The van der Waals surface area contributed by atoms with Gasteiger partial charge in [0.15, 0.2) is 11.6 Å². The molecule has 0 amide bonds. The summed E-state index contributed by atoms with van der Waals surface area (Å²) >= 11 is 3.26. The zero-order valence-corrected chi connectivity index (χ0v) is 15.7. The minimum atomic E-state index is -0.559. The van der Waals surface area contributed by atoms with Crippen LogP contribution in [0.15, 0.2) is 40.3 Å². The molecule has 0 aliphatic rings. The molecule has 0 bridgehead atoms. The van der Waals surface area contributed by atoms with E-state index in [0.717, 1.165) is 0 Å². The van der Waals surface area contributed by atoms with Gasteiger partial charge in [-0.3, -0.25) is 4.79 Å². The summed E-state index contributed by atoms with van der Waals surface area (Å²) in [7, 11) is 0. The molecule has 1 N–H and O–H groups in total. The van der Waals surface area contributed by atoms with Gasteiger partial charge < -0.3 is 14.6 Å². The lowest BCUT2D eigenvalue weighted by molar-refractivity contribution is -0.142. The Balaban J connectivity index is 3.12. The second-order valence-corrected chi connectivity index (χ2v) is 5.78. The Bertz CT molecular complexity index is 638. The number of halogens is 2. The lowest BCUT2D eigenvalue weighted by atomic mass is 10.1. The van der Waals surface area contributed by atoms with Crippen LogP contribution in [-0.2, 0) is 16.0 Å². The zero-order chi connectivity index (χ0) is 18.1. The van der Waals surface area contributed by atoms with Crippen LogP contribution in [0, 0.1) is 5.82 Å². The van der Waals surface area contributed by atoms with Gasteiger partial charge in [0.1, 0.15) is 11.5 Å². The Morgan fingerprint density at radius 3 is 2.58 bits per heavy atom. The van der Waals surface area contributed by atoms with E-state index in [9.17, 15) is 14.3 Å². The van der Waals surface area contributed by atoms with Gasteiger partial charge in [-0.15, -0.1) is 0 Å². The highest BCUT2D eigenvalue weighted by molar-refractivity contribution is 9.11. The summed E-state index contributed by atoms with van der Waals surface area (Å²) in [6.07, 6.45) is 2.47. The summed E-state index contributed by atoms with van der Waals surface area (Å²) in [5.74, 6) is -0.382. The van der Waals surface area contributed by atoms with Crippen LogP contribution in [0.2, 0.25) is 0 Å². The van der Waals surface area contributed by atoms with Crippen molar-refractivity contribution in [2.75, 3.05) is 6.61 Å². The monoisotopic (exact) mass is 400 g/mol. The fourth-order valence-corrected chi connectivity index (χ4v) is 2.44. The third kappa shape index (κ3) is 6.00. The van der Waals surface area contributed by atoms with Gasteiger partial charge >= 0.3 is 5.97 Å². The quantitative estimate of drug-likeness (QED) is 0.371. The first-order chi connectivity index (χ1) is 11.4. The molecule has 0 radical (unpaired) electrons. The first kappa shape index (κ1) is 20.2. The zero-order valence-electron chi connectivity index (χ0n) is 14.1. The van der Waals surface area contributed by atoms with Crippen molar-refractivity contribution in [3.05, 3.63) is 51.7 Å². The molecule has 0 heterocycles. The average molecular weight is 401 g/mol. The molecule has 0 spiro atoms. The minimum absolute atomic E-state index is 0.00468. The molecule has 0 atom stereocenters. The lowest BCUT2D eigenvalue weighted by Gasteiger charge is -2.14. The second kappa shape index (κ2) is 10.1. The SMILES string of the molecule is CCOC(=O)Cc1cccc(F)c1OC(=C/C(Br)=C(/O)CC)CC. The van der Waals surface area contributed by atoms with Gasteiger partial charge in [0.2, 0.25) is 0 Å². The van der Waals surface area contributed by atoms with Crippen molar-refractivity contribution in [1.29, 1.82) is 0 Å². The molecule has 0 saturated carbocycles. The van der Waals surface area contributed by atoms with Gasteiger partial charge in [-0.1, -0.05) is 26.0 Å². The Morgan fingerprint density at radius 1 is 1.29 bits per heavy atom. The largest absolute Gasteiger partial charge is 0.511 e. The highest BCUT2D eigenvalue weighted by atomic mass is 79.9. The smallest absolute Gasteiger partial charge is 0.310 e. The molecule has 6 heteroatoms. The molecule has 1 aromatic rings. The molecule has 0 saturated heterocycles. The van der Waals surface area contributed by atoms with Gasteiger partial charge in [-0.25, -0.2) is 4.39 Å². The van der Waals surface area contributed by atoms with E-state index in [4.69, 9.17) is 9.47 Å². The molecule has 0 fully saturated rings. The van der Waals surface area contributed by atoms with Gasteiger partial charge in [-0.05, 0) is 35.0 Å². The molecule has 132 valence electrons. The third-order valence-corrected chi connectivity index (χ3v) is 3.86. The summed E-state index contributed by atoms with van der Waals surface area (Å²) in [4.78, 5) is 11.7. The molecule has 0 unspecified atom stereocenters. The van der Waals surface area contributed by atoms with Crippen molar-refractivity contribution in [2.45, 2.75) is 40.0 Å². The molecule has 24 heavy (non-hydrogen) atoms. The number of hydrogen-bond acceptors (Lipinski definition) is 4. The molecule has 0 aliphatic carbocycles. The minimum Gasteiger partial charge on any atom is -0.511 e. The summed E-state index contributed by atoms with van der Waals surface area (Å²) in [6, 6.07) is 4.41. The molecule has 0 aromatic heterocycles. The first-order valence-electron chi connectivity index (χ1n) is 7.81. The van der Waals surface area contributed by atoms with E-state index in [-0.39, 0.29) is 24.5 Å². The van der Waals surface area contributed by atoms with E-state index in [0.29, 0.717) is 28.6 Å². The van der Waals surface area contributed by atoms with E-state index < -0.39 is 11.8 Å². The number of aliphatic hydroxyl groups excluding tert-OH is 1. The molecule has 4 nitrogen and oxygen atoms in total. The molecule has 1 rings (SSSR count). The standard InChI is InChI=1S/C18H22BrFO4/c1-4-13(11-14(19)16(21)5-2)24-18-12(8-7-9-15(18)20)10-17(22)23-6-3/h7-9,11,21H,4-6,10H2,1-3H3/b13-11?,16-14-. The van der Waals surface area contributed by atoms with E-state index >= 15 is 0 Å². The number of para-hydroxylation sites is 1. The number of ether oxygens (including phenoxy) is 2. The topological polar surface area (TPSA) is 55.8 Å². The number of benzene rings is 1. The van der Waals surface area contributed by atoms with Gasteiger partial charge in [0.25, 0.3) is 0 Å². The van der Waals surface area contributed by atoms with Crippen LogP contribution in [0.4, 0.5) is 4.39 Å². The van der Waals surface area contributed by atoms with Crippen molar-refractivity contribution < 1.29 is 23.8 Å². The maximum absolute atomic E-state index is 14.2. The second-order valence-electron chi connectivity index (χ2n) is 4.92. The fourth-order valence-electron chi connectivity index (χ4n) is 1.90. The highest BCUT2D eigenvalue weighted by Crippen LogP contribution is 2.27. The third-order valence-electron chi connectivity index (χ3n) is 3.17. The number of esters is 1. The number of aliphatic hydroxyl groups is 1. The summed E-state index contributed by atoms with van der Waals surface area (Å²) < 4.78 is 25.2. The van der Waals surface area contributed by atoms with Crippen molar-refractivity contribution in [3.63, 3.8) is 0 Å². The Hall–Kier alpha value is -1.82. The molecular formula is C18H22BrFO4. The average Bonchev–Trinajstić information content (AvgIpc) is 2.56. The van der Waals surface area contributed by atoms with E-state index in [2.05, 4.69) is 15.9 Å². The van der Waals surface area contributed by atoms with Gasteiger partial charge in [0.05, 0.1) is 17.5 Å². The van der Waals surface area contributed by atoms with E-state index in [1.54, 1.807) is 19.1 Å². The van der Waals surface area contributed by atoms with Crippen molar-refractivity contribution in [2.24, 2.45) is 0 Å². The predicted octanol–water partition coefficient (Wildman–Crippen LogP) is 5.18. The Kier molecular flexibility index (Phi) is 8.54. The maximum Gasteiger partial charge on any atom is 0.310 e. The van der Waals surface area contributed by atoms with Crippen molar-refractivity contribution in [1.82, 2.24) is 0 Å². The van der Waals surface area contributed by atoms with Crippen LogP contribution in [0.25, 0.3) is 0 Å². The lowest BCUT2D eigenvalue weighted by Crippen LogP contribution is -2.10. The number of allylic oxidation sites excluding steroid dienone is 4. The summed E-state index contributed by atoms with van der Waals surface area (Å²) in [6.45, 7) is 5.63. The number of rotatable bonds is 8. The number of carbonyl (C=O) groups is 1. The normalized spacial score (nSPS) is 12.6.